The van der Waals surface area contributed by atoms with Gasteiger partial charge in [-0.2, -0.15) is 9.78 Å². The van der Waals surface area contributed by atoms with Gasteiger partial charge in [0.1, 0.15) is 22.6 Å². The maximum Gasteiger partial charge on any atom is 0.284 e. The van der Waals surface area contributed by atoms with E-state index in [1.807, 2.05) is 48.5 Å². The first-order valence-electron chi connectivity index (χ1n) is 10.0. The first-order valence-corrected chi connectivity index (χ1v) is 10.4. The number of anilines is 1. The van der Waals surface area contributed by atoms with Crippen LogP contribution in [0.15, 0.2) is 88.1 Å². The molecule has 0 bridgehead atoms. The van der Waals surface area contributed by atoms with E-state index in [1.54, 1.807) is 42.3 Å². The first-order chi connectivity index (χ1) is 15.5. The van der Waals surface area contributed by atoms with Crippen LogP contribution in [0.25, 0.3) is 27.9 Å². The molecule has 0 saturated heterocycles. The van der Waals surface area contributed by atoms with Crippen LogP contribution >= 0.6 is 11.6 Å². The van der Waals surface area contributed by atoms with E-state index in [1.165, 1.54) is 4.68 Å². The Morgan fingerprint density at radius 3 is 2.44 bits per heavy atom. The summed E-state index contributed by atoms with van der Waals surface area (Å²) in [7, 11) is 1.70. The number of para-hydroxylation sites is 2. The van der Waals surface area contributed by atoms with Gasteiger partial charge in [0, 0.05) is 23.1 Å². The highest BCUT2D eigenvalue weighted by Gasteiger charge is 2.27. The van der Waals surface area contributed by atoms with Crippen molar-refractivity contribution in [2.75, 3.05) is 11.9 Å². The SMILES string of the molecule is CN(C(=O)Cc1oc2ccccc2c2nn(-c3ccc(Cl)cc3)c(=O)c1-2)c1ccccc1. The van der Waals surface area contributed by atoms with Crippen molar-refractivity contribution in [1.29, 1.82) is 0 Å². The Morgan fingerprint density at radius 2 is 1.69 bits per heavy atom. The first kappa shape index (κ1) is 20.0. The van der Waals surface area contributed by atoms with Crippen LogP contribution in [0.1, 0.15) is 5.76 Å². The van der Waals surface area contributed by atoms with Gasteiger partial charge in [-0.1, -0.05) is 41.9 Å². The molecule has 6 nitrogen and oxygen atoms in total. The highest BCUT2D eigenvalue weighted by Crippen LogP contribution is 2.32. The third-order valence-electron chi connectivity index (χ3n) is 5.40. The molecule has 158 valence electrons. The zero-order valence-corrected chi connectivity index (χ0v) is 17.9. The highest BCUT2D eigenvalue weighted by molar-refractivity contribution is 6.30. The average molecular weight is 444 g/mol. The van der Waals surface area contributed by atoms with Gasteiger partial charge in [0.15, 0.2) is 0 Å². The van der Waals surface area contributed by atoms with E-state index in [9.17, 15) is 9.59 Å². The van der Waals surface area contributed by atoms with Gasteiger partial charge in [0.05, 0.1) is 12.1 Å². The van der Waals surface area contributed by atoms with Crippen molar-refractivity contribution in [2.45, 2.75) is 6.42 Å². The number of aromatic nitrogens is 2. The molecule has 32 heavy (non-hydrogen) atoms. The minimum atomic E-state index is -0.345. The van der Waals surface area contributed by atoms with Crippen molar-refractivity contribution in [2.24, 2.45) is 0 Å². The molecule has 0 unspecified atom stereocenters. The second-order valence-corrected chi connectivity index (χ2v) is 7.84. The second kappa shape index (κ2) is 7.98. The van der Waals surface area contributed by atoms with Crippen LogP contribution in [0, 0.1) is 0 Å². The minimum Gasteiger partial charge on any atom is -0.460 e. The molecule has 0 fully saturated rings. The van der Waals surface area contributed by atoms with E-state index >= 15 is 0 Å². The van der Waals surface area contributed by atoms with Crippen molar-refractivity contribution in [3.63, 3.8) is 0 Å². The summed E-state index contributed by atoms with van der Waals surface area (Å²) >= 11 is 5.99. The number of benzene rings is 3. The van der Waals surface area contributed by atoms with Gasteiger partial charge in [-0.15, -0.1) is 0 Å². The van der Waals surface area contributed by atoms with Crippen molar-refractivity contribution in [3.8, 4) is 16.9 Å². The smallest absolute Gasteiger partial charge is 0.284 e. The van der Waals surface area contributed by atoms with Gasteiger partial charge in [0.2, 0.25) is 5.91 Å². The number of amides is 1. The Morgan fingerprint density at radius 1 is 1.00 bits per heavy atom. The Bertz CT molecular complexity index is 1460. The van der Waals surface area contributed by atoms with Crippen LogP contribution in [-0.2, 0) is 11.2 Å². The summed E-state index contributed by atoms with van der Waals surface area (Å²) in [5, 5.41) is 5.86. The van der Waals surface area contributed by atoms with E-state index in [0.717, 1.165) is 5.69 Å². The number of likely N-dealkylation sites (N-methyl/N-ethyl adjacent to an activating group) is 1. The Kier molecular flexibility index (Phi) is 4.99. The number of carbonyl (C=O) groups excluding carboxylic acids is 1. The summed E-state index contributed by atoms with van der Waals surface area (Å²) in [6.45, 7) is 0. The molecule has 3 aromatic rings. The fourth-order valence-electron chi connectivity index (χ4n) is 3.71. The number of fused-ring (bicyclic) bond motifs is 3. The van der Waals surface area contributed by atoms with Gasteiger partial charge in [-0.05, 0) is 48.5 Å². The highest BCUT2D eigenvalue weighted by atomic mass is 35.5. The number of nitrogens with zero attached hydrogens (tertiary/aromatic N) is 3. The molecule has 0 aromatic heterocycles. The number of carbonyl (C=O) groups is 1. The van der Waals surface area contributed by atoms with Crippen LogP contribution in [0.3, 0.4) is 0 Å². The molecule has 0 radical (unpaired) electrons. The lowest BCUT2D eigenvalue weighted by Gasteiger charge is -2.17. The van der Waals surface area contributed by atoms with E-state index in [-0.39, 0.29) is 23.6 Å². The molecule has 2 aliphatic heterocycles. The molecule has 0 atom stereocenters. The largest absolute Gasteiger partial charge is 0.460 e. The van der Waals surface area contributed by atoms with E-state index in [4.69, 9.17) is 16.0 Å². The molecule has 0 N–H and O–H groups in total. The van der Waals surface area contributed by atoms with Crippen molar-refractivity contribution in [3.05, 3.63) is 100.0 Å². The molecule has 0 spiro atoms. The van der Waals surface area contributed by atoms with Crippen LogP contribution in [0.5, 0.6) is 0 Å². The Labute approximate surface area is 188 Å². The van der Waals surface area contributed by atoms with Crippen LogP contribution in [0.4, 0.5) is 5.69 Å². The molecule has 2 heterocycles. The quantitative estimate of drug-likeness (QED) is 0.394. The maximum atomic E-state index is 13.4. The summed E-state index contributed by atoms with van der Waals surface area (Å²) in [5.41, 5.74) is 2.35. The molecule has 0 saturated carbocycles. The number of rotatable bonds is 4. The Hall–Kier alpha value is -3.90. The molecule has 3 aromatic carbocycles. The molecular formula is C25H18ClN3O3. The number of hydrogen-bond donors (Lipinski definition) is 0. The van der Waals surface area contributed by atoms with Crippen LogP contribution in [-0.4, -0.2) is 22.7 Å². The van der Waals surface area contributed by atoms with Gasteiger partial charge in [-0.25, -0.2) is 0 Å². The summed E-state index contributed by atoms with van der Waals surface area (Å²) in [5.74, 6) is 0.0897. The third-order valence-corrected chi connectivity index (χ3v) is 5.65. The summed E-state index contributed by atoms with van der Waals surface area (Å²) in [4.78, 5) is 28.0. The van der Waals surface area contributed by atoms with E-state index in [2.05, 4.69) is 5.10 Å². The summed E-state index contributed by atoms with van der Waals surface area (Å²) < 4.78 is 7.38. The molecule has 2 aliphatic rings. The predicted molar refractivity (Wildman–Crippen MR) is 125 cm³/mol. The normalized spacial score (nSPS) is 11.2. The lowest BCUT2D eigenvalue weighted by atomic mass is 10.0. The molecular weight excluding hydrogens is 426 g/mol. The van der Waals surface area contributed by atoms with Crippen LogP contribution < -0.4 is 10.5 Å². The summed E-state index contributed by atoms with van der Waals surface area (Å²) in [6.07, 6.45) is -0.0751. The third kappa shape index (κ3) is 3.44. The van der Waals surface area contributed by atoms with Crippen LogP contribution in [0.2, 0.25) is 5.02 Å². The monoisotopic (exact) mass is 443 g/mol. The standard InChI is InChI=1S/C25H18ClN3O3/c1-28(17-7-3-2-4-8-17)22(30)15-21-23-24(19-9-5-6-10-20(19)32-21)27-29(25(23)31)18-13-11-16(26)12-14-18/h2-14H,15H2,1H3. The van der Waals surface area contributed by atoms with Gasteiger partial charge in [-0.3, -0.25) is 9.59 Å². The van der Waals surface area contributed by atoms with E-state index < -0.39 is 0 Å². The molecule has 0 aliphatic carbocycles. The fourth-order valence-corrected chi connectivity index (χ4v) is 3.84. The summed E-state index contributed by atoms with van der Waals surface area (Å²) in [6, 6.07) is 23.5. The average Bonchev–Trinajstić information content (AvgIpc) is 3.17. The molecule has 5 rings (SSSR count). The van der Waals surface area contributed by atoms with Gasteiger partial charge < -0.3 is 9.32 Å². The fraction of sp³-hybridized carbons (Fsp3) is 0.0800. The van der Waals surface area contributed by atoms with Gasteiger partial charge in [0.25, 0.3) is 5.56 Å². The minimum absolute atomic E-state index is 0.0751. The predicted octanol–water partition coefficient (Wildman–Crippen LogP) is 4.94. The number of halogens is 1. The lowest BCUT2D eigenvalue weighted by molar-refractivity contribution is -0.117. The zero-order valence-electron chi connectivity index (χ0n) is 17.2. The second-order valence-electron chi connectivity index (χ2n) is 7.40. The van der Waals surface area contributed by atoms with E-state index in [0.29, 0.717) is 32.9 Å². The number of hydrogen-bond acceptors (Lipinski definition) is 4. The van der Waals surface area contributed by atoms with Crippen molar-refractivity contribution >= 4 is 34.2 Å². The maximum absolute atomic E-state index is 13.4. The molecule has 1 amide bonds. The lowest BCUT2D eigenvalue weighted by Crippen LogP contribution is -2.28. The topological polar surface area (TPSA) is 68.3 Å². The zero-order chi connectivity index (χ0) is 22.2. The Balaban J connectivity index is 1.65. The van der Waals surface area contributed by atoms with Crippen molar-refractivity contribution < 1.29 is 9.21 Å². The molecule has 7 heteroatoms. The van der Waals surface area contributed by atoms with Crippen molar-refractivity contribution in [1.82, 2.24) is 9.78 Å². The van der Waals surface area contributed by atoms with Gasteiger partial charge >= 0.3 is 0 Å².